The third kappa shape index (κ3) is 1.93. The van der Waals surface area contributed by atoms with Gasteiger partial charge in [0.15, 0.2) is 5.43 Å². The molecule has 1 heterocycles. The molecule has 0 aliphatic rings. The number of aryl methyl sites for hydroxylation is 1. The van der Waals surface area contributed by atoms with Crippen molar-refractivity contribution in [2.45, 2.75) is 26.7 Å². The Labute approximate surface area is 111 Å². The first kappa shape index (κ1) is 13.3. The van der Waals surface area contributed by atoms with Crippen LogP contribution in [-0.4, -0.2) is 15.6 Å². The highest BCUT2D eigenvalue weighted by atomic mass is 16.4. The predicted octanol–water partition coefficient (Wildman–Crippen LogP) is 2.67. The first-order valence-electron chi connectivity index (χ1n) is 6.21. The van der Waals surface area contributed by atoms with E-state index < -0.39 is 5.97 Å². The van der Waals surface area contributed by atoms with E-state index in [1.54, 1.807) is 24.6 Å². The summed E-state index contributed by atoms with van der Waals surface area (Å²) >= 11 is 0. The molecule has 100 valence electrons. The number of benzene rings is 1. The van der Waals surface area contributed by atoms with E-state index in [9.17, 15) is 14.7 Å². The second-order valence-electron chi connectivity index (χ2n) is 5.07. The topological polar surface area (TPSA) is 59.3 Å². The Morgan fingerprint density at radius 3 is 2.47 bits per heavy atom. The highest BCUT2D eigenvalue weighted by Gasteiger charge is 2.19. The summed E-state index contributed by atoms with van der Waals surface area (Å²) in [5, 5.41) is 9.88. The zero-order valence-electron chi connectivity index (χ0n) is 11.5. The molecule has 2 rings (SSSR count). The molecule has 0 aliphatic carbocycles. The normalized spacial score (nSPS) is 11.2. The molecule has 4 nitrogen and oxygen atoms in total. The van der Waals surface area contributed by atoms with Crippen molar-refractivity contribution in [1.29, 1.82) is 0 Å². The van der Waals surface area contributed by atoms with Gasteiger partial charge in [-0.2, -0.15) is 0 Å². The van der Waals surface area contributed by atoms with E-state index in [1.165, 1.54) is 0 Å². The van der Waals surface area contributed by atoms with Crippen molar-refractivity contribution in [3.63, 3.8) is 0 Å². The van der Waals surface area contributed by atoms with Crippen LogP contribution in [0.3, 0.4) is 0 Å². The standard InChI is InChI=1S/C15H17NO3/c1-8(2)10-6-5-7-11-13(10)16(4)12(15(18)19)9(3)14(11)17/h5-8H,1-4H3,(H,18,19). The van der Waals surface area contributed by atoms with E-state index in [1.807, 2.05) is 26.0 Å². The summed E-state index contributed by atoms with van der Waals surface area (Å²) in [6.45, 7) is 5.62. The Kier molecular flexibility index (Phi) is 3.18. The fourth-order valence-electron chi connectivity index (χ4n) is 2.56. The lowest BCUT2D eigenvalue weighted by molar-refractivity contribution is 0.0685. The number of carboxylic acids is 1. The predicted molar refractivity (Wildman–Crippen MR) is 75.0 cm³/mol. The third-order valence-corrected chi connectivity index (χ3v) is 3.50. The molecule has 0 aliphatic heterocycles. The maximum atomic E-state index is 12.3. The van der Waals surface area contributed by atoms with Gasteiger partial charge in [-0.1, -0.05) is 26.0 Å². The van der Waals surface area contributed by atoms with E-state index in [4.69, 9.17) is 0 Å². The molecule has 1 N–H and O–H groups in total. The van der Waals surface area contributed by atoms with E-state index in [2.05, 4.69) is 0 Å². The third-order valence-electron chi connectivity index (χ3n) is 3.50. The largest absolute Gasteiger partial charge is 0.477 e. The monoisotopic (exact) mass is 259 g/mol. The molecule has 0 spiro atoms. The first-order valence-corrected chi connectivity index (χ1v) is 6.21. The molecule has 0 atom stereocenters. The van der Waals surface area contributed by atoms with Crippen LogP contribution in [0.4, 0.5) is 0 Å². The van der Waals surface area contributed by atoms with Crippen molar-refractivity contribution in [2.24, 2.45) is 7.05 Å². The number of aromatic carboxylic acids is 1. The van der Waals surface area contributed by atoms with Gasteiger partial charge in [-0.05, 0) is 24.5 Å². The number of carboxylic acid groups (broad SMARTS) is 1. The van der Waals surface area contributed by atoms with Crippen molar-refractivity contribution >= 4 is 16.9 Å². The minimum atomic E-state index is -1.07. The van der Waals surface area contributed by atoms with Crippen LogP contribution in [0.15, 0.2) is 23.0 Å². The summed E-state index contributed by atoms with van der Waals surface area (Å²) in [7, 11) is 1.70. The van der Waals surface area contributed by atoms with Gasteiger partial charge < -0.3 is 9.67 Å². The quantitative estimate of drug-likeness (QED) is 0.902. The molecule has 1 aromatic carbocycles. The lowest BCUT2D eigenvalue weighted by Gasteiger charge is -2.17. The van der Waals surface area contributed by atoms with Crippen LogP contribution in [0.5, 0.6) is 0 Å². The maximum Gasteiger partial charge on any atom is 0.352 e. The number of fused-ring (bicyclic) bond motifs is 1. The molecule has 0 bridgehead atoms. The Morgan fingerprint density at radius 1 is 1.32 bits per heavy atom. The average molecular weight is 259 g/mol. The van der Waals surface area contributed by atoms with Gasteiger partial charge in [-0.3, -0.25) is 4.79 Å². The molecule has 0 amide bonds. The fourth-order valence-corrected chi connectivity index (χ4v) is 2.56. The van der Waals surface area contributed by atoms with Crippen LogP contribution >= 0.6 is 0 Å². The van der Waals surface area contributed by atoms with Gasteiger partial charge in [0, 0.05) is 18.0 Å². The maximum absolute atomic E-state index is 12.3. The summed E-state index contributed by atoms with van der Waals surface area (Å²) in [6, 6.07) is 5.54. The Morgan fingerprint density at radius 2 is 1.95 bits per heavy atom. The molecule has 19 heavy (non-hydrogen) atoms. The zero-order chi connectivity index (χ0) is 14.3. The Balaban J connectivity index is 3.09. The Bertz CT molecular complexity index is 726. The van der Waals surface area contributed by atoms with E-state index in [-0.39, 0.29) is 22.6 Å². The van der Waals surface area contributed by atoms with Gasteiger partial charge in [-0.15, -0.1) is 0 Å². The Hall–Kier alpha value is -2.10. The molecule has 0 saturated heterocycles. The van der Waals surface area contributed by atoms with Crippen molar-refractivity contribution in [2.75, 3.05) is 0 Å². The molecule has 0 saturated carbocycles. The molecule has 0 fully saturated rings. The molecule has 1 aromatic heterocycles. The molecule has 4 heteroatoms. The van der Waals surface area contributed by atoms with Crippen LogP contribution in [0.2, 0.25) is 0 Å². The highest BCUT2D eigenvalue weighted by Crippen LogP contribution is 2.25. The molecule has 2 aromatic rings. The summed E-state index contributed by atoms with van der Waals surface area (Å²) in [6.07, 6.45) is 0. The summed E-state index contributed by atoms with van der Waals surface area (Å²) in [4.78, 5) is 23.7. The van der Waals surface area contributed by atoms with Gasteiger partial charge >= 0.3 is 5.97 Å². The van der Waals surface area contributed by atoms with Gasteiger partial charge in [-0.25, -0.2) is 4.79 Å². The minimum absolute atomic E-state index is 0.0607. The number of carbonyl (C=O) groups is 1. The van der Waals surface area contributed by atoms with Crippen molar-refractivity contribution in [3.8, 4) is 0 Å². The average Bonchev–Trinajstić information content (AvgIpc) is 2.34. The number of hydrogen-bond acceptors (Lipinski definition) is 2. The second-order valence-corrected chi connectivity index (χ2v) is 5.07. The second kappa shape index (κ2) is 4.53. The van der Waals surface area contributed by atoms with Crippen molar-refractivity contribution in [1.82, 2.24) is 4.57 Å². The molecule has 0 unspecified atom stereocenters. The van der Waals surface area contributed by atoms with Crippen LogP contribution in [0, 0.1) is 6.92 Å². The summed E-state index contributed by atoms with van der Waals surface area (Å²) in [5.41, 5.74) is 1.84. The summed E-state index contributed by atoms with van der Waals surface area (Å²) < 4.78 is 1.61. The van der Waals surface area contributed by atoms with E-state index in [0.717, 1.165) is 5.56 Å². The van der Waals surface area contributed by atoms with E-state index >= 15 is 0 Å². The van der Waals surface area contributed by atoms with Gasteiger partial charge in [0.25, 0.3) is 0 Å². The smallest absolute Gasteiger partial charge is 0.352 e. The number of nitrogens with zero attached hydrogens (tertiary/aromatic N) is 1. The summed E-state index contributed by atoms with van der Waals surface area (Å²) in [5.74, 6) is -0.851. The van der Waals surface area contributed by atoms with Crippen LogP contribution in [0.25, 0.3) is 10.9 Å². The molecular formula is C15H17NO3. The zero-order valence-corrected chi connectivity index (χ0v) is 11.5. The van der Waals surface area contributed by atoms with E-state index in [0.29, 0.717) is 10.9 Å². The molecule has 0 radical (unpaired) electrons. The lowest BCUT2D eigenvalue weighted by atomic mass is 9.97. The molecular weight excluding hydrogens is 242 g/mol. The SMILES string of the molecule is Cc1c(C(=O)O)n(C)c2c(C(C)C)cccc2c1=O. The first-order chi connectivity index (χ1) is 8.86. The number of hydrogen-bond donors (Lipinski definition) is 1. The fraction of sp³-hybridized carbons (Fsp3) is 0.333. The van der Waals surface area contributed by atoms with Crippen LogP contribution < -0.4 is 5.43 Å². The number of para-hydroxylation sites is 1. The van der Waals surface area contributed by atoms with Crippen LogP contribution in [-0.2, 0) is 7.05 Å². The lowest BCUT2D eigenvalue weighted by Crippen LogP contribution is -2.21. The minimum Gasteiger partial charge on any atom is -0.477 e. The van der Waals surface area contributed by atoms with Crippen molar-refractivity contribution < 1.29 is 9.90 Å². The van der Waals surface area contributed by atoms with Crippen LogP contribution in [0.1, 0.15) is 41.4 Å². The van der Waals surface area contributed by atoms with Gasteiger partial charge in [0.1, 0.15) is 5.69 Å². The number of pyridine rings is 1. The van der Waals surface area contributed by atoms with Gasteiger partial charge in [0.05, 0.1) is 5.52 Å². The van der Waals surface area contributed by atoms with Crippen molar-refractivity contribution in [3.05, 3.63) is 45.2 Å². The number of rotatable bonds is 2. The number of aromatic nitrogens is 1. The van der Waals surface area contributed by atoms with Gasteiger partial charge in [0.2, 0.25) is 0 Å². The highest BCUT2D eigenvalue weighted by molar-refractivity contribution is 5.93.